The number of hydrogen-bond donors (Lipinski definition) is 0. The number of benzene rings is 1. The first-order valence-corrected chi connectivity index (χ1v) is 4.85. The Morgan fingerprint density at radius 3 is 2.29 bits per heavy atom. The number of nitrogens with zero attached hydrogens (tertiary/aromatic N) is 1. The molecule has 1 rings (SSSR count). The van der Waals surface area contributed by atoms with Gasteiger partial charge in [0.15, 0.2) is 0 Å². The van der Waals surface area contributed by atoms with Crippen molar-refractivity contribution in [1.29, 1.82) is 0 Å². The topological polar surface area (TPSA) is 75.4 Å². The maximum Gasteiger partial charge on any atom is 1.00 e. The minimum Gasteiger partial charge on any atom is -0.857 e. The zero-order valence-corrected chi connectivity index (χ0v) is 12.7. The number of methoxy groups -OCH3 is 1. The van der Waals surface area contributed by atoms with Crippen LogP contribution in [0.25, 0.3) is 0 Å². The summed E-state index contributed by atoms with van der Waals surface area (Å²) in [6, 6.07) is 4.88. The Balaban J connectivity index is 0. The standard InChI is InChI=1S/C10H13NO3.CH3O.Na/c1-3-8-4-5-10(11(12)13)6-9(8)7-14-2;1-2;/h4-6H,3,7H2,1-2H3;1H3;/q;-1;+1. The Labute approximate surface area is 123 Å². The molecule has 0 aromatic heterocycles. The number of aryl methyl sites for hydroxylation is 1. The van der Waals surface area contributed by atoms with Gasteiger partial charge in [-0.15, -0.1) is 0 Å². The second-order valence-corrected chi connectivity index (χ2v) is 3.00. The molecule has 6 heteroatoms. The molecule has 0 N–H and O–H groups in total. The van der Waals surface area contributed by atoms with Crippen molar-refractivity contribution in [3.8, 4) is 0 Å². The van der Waals surface area contributed by atoms with E-state index in [1.165, 1.54) is 6.07 Å². The predicted molar refractivity (Wildman–Crippen MR) is 59.1 cm³/mol. The first-order chi connectivity index (χ1) is 7.69. The maximum atomic E-state index is 10.5. The van der Waals surface area contributed by atoms with Crippen LogP contribution in [-0.4, -0.2) is 19.1 Å². The molecule has 0 spiro atoms. The van der Waals surface area contributed by atoms with E-state index < -0.39 is 4.92 Å². The molecule has 0 fully saturated rings. The fraction of sp³-hybridized carbons (Fsp3) is 0.455. The first-order valence-electron chi connectivity index (χ1n) is 4.85. The summed E-state index contributed by atoms with van der Waals surface area (Å²) in [4.78, 5) is 10.1. The van der Waals surface area contributed by atoms with Crippen molar-refractivity contribution in [3.63, 3.8) is 0 Å². The average molecular weight is 249 g/mol. The van der Waals surface area contributed by atoms with Gasteiger partial charge in [0.2, 0.25) is 0 Å². The van der Waals surface area contributed by atoms with Gasteiger partial charge in [0.25, 0.3) is 5.69 Å². The summed E-state index contributed by atoms with van der Waals surface area (Å²) in [7, 11) is 2.33. The minimum atomic E-state index is -0.390. The van der Waals surface area contributed by atoms with Crippen LogP contribution in [0.2, 0.25) is 0 Å². The smallest absolute Gasteiger partial charge is 0.857 e. The largest absolute Gasteiger partial charge is 1.00 e. The van der Waals surface area contributed by atoms with Gasteiger partial charge in [0.1, 0.15) is 0 Å². The molecule has 0 atom stereocenters. The van der Waals surface area contributed by atoms with E-state index in [0.29, 0.717) is 6.61 Å². The summed E-state index contributed by atoms with van der Waals surface area (Å²) in [6.07, 6.45) is 0.858. The van der Waals surface area contributed by atoms with Crippen molar-refractivity contribution >= 4 is 5.69 Å². The molecule has 0 aliphatic carbocycles. The summed E-state index contributed by atoms with van der Waals surface area (Å²) < 4.78 is 4.98. The molecule has 90 valence electrons. The number of non-ortho nitro benzene ring substituents is 1. The van der Waals surface area contributed by atoms with Gasteiger partial charge in [-0.3, -0.25) is 10.1 Å². The number of nitro benzene ring substituents is 1. The fourth-order valence-electron chi connectivity index (χ4n) is 1.36. The third kappa shape index (κ3) is 6.14. The van der Waals surface area contributed by atoms with Gasteiger partial charge >= 0.3 is 29.6 Å². The SMILES string of the molecule is CCc1ccc([N+](=O)[O-])cc1COC.C[O-].[Na+]. The van der Waals surface area contributed by atoms with E-state index in [1.807, 2.05) is 6.92 Å². The number of nitro groups is 1. The Morgan fingerprint density at radius 2 is 1.88 bits per heavy atom. The molecule has 1 aromatic carbocycles. The van der Waals surface area contributed by atoms with Crippen molar-refractivity contribution in [2.75, 3.05) is 14.2 Å². The van der Waals surface area contributed by atoms with Crippen LogP contribution < -0.4 is 34.7 Å². The van der Waals surface area contributed by atoms with Gasteiger partial charge in [0.05, 0.1) is 11.5 Å². The van der Waals surface area contributed by atoms with Crippen molar-refractivity contribution in [2.24, 2.45) is 0 Å². The van der Waals surface area contributed by atoms with E-state index in [-0.39, 0.29) is 35.2 Å². The van der Waals surface area contributed by atoms with E-state index in [0.717, 1.165) is 24.7 Å². The van der Waals surface area contributed by atoms with Crippen molar-refractivity contribution in [3.05, 3.63) is 39.4 Å². The molecule has 17 heavy (non-hydrogen) atoms. The summed E-state index contributed by atoms with van der Waals surface area (Å²) >= 11 is 0. The Kier molecular flexibility index (Phi) is 11.9. The summed E-state index contributed by atoms with van der Waals surface area (Å²) in [6.45, 7) is 2.44. The molecule has 5 nitrogen and oxygen atoms in total. The molecule has 0 aliphatic rings. The molecule has 0 unspecified atom stereocenters. The zero-order chi connectivity index (χ0) is 12.6. The monoisotopic (exact) mass is 249 g/mol. The van der Waals surface area contributed by atoms with Crippen LogP contribution in [0.4, 0.5) is 5.69 Å². The van der Waals surface area contributed by atoms with Crippen LogP contribution in [0, 0.1) is 10.1 Å². The third-order valence-electron chi connectivity index (χ3n) is 2.08. The summed E-state index contributed by atoms with van der Waals surface area (Å²) in [5, 5.41) is 18.8. The third-order valence-corrected chi connectivity index (χ3v) is 2.08. The molecule has 0 bridgehead atoms. The normalized spacial score (nSPS) is 8.71. The van der Waals surface area contributed by atoms with Gasteiger partial charge in [-0.2, -0.15) is 7.11 Å². The van der Waals surface area contributed by atoms with E-state index in [9.17, 15) is 10.1 Å². The zero-order valence-electron chi connectivity index (χ0n) is 10.7. The molecular formula is C11H16NNaO4. The van der Waals surface area contributed by atoms with Gasteiger partial charge in [-0.05, 0) is 17.5 Å². The van der Waals surface area contributed by atoms with Gasteiger partial charge < -0.3 is 9.84 Å². The van der Waals surface area contributed by atoms with E-state index in [2.05, 4.69) is 0 Å². The van der Waals surface area contributed by atoms with Crippen LogP contribution >= 0.6 is 0 Å². The number of ether oxygens (including phenoxy) is 1. The van der Waals surface area contributed by atoms with Gasteiger partial charge in [0, 0.05) is 19.2 Å². The van der Waals surface area contributed by atoms with E-state index in [1.54, 1.807) is 19.2 Å². The van der Waals surface area contributed by atoms with Gasteiger partial charge in [-0.1, -0.05) is 13.0 Å². The summed E-state index contributed by atoms with van der Waals surface area (Å²) in [5.74, 6) is 0. The maximum absolute atomic E-state index is 10.5. The van der Waals surface area contributed by atoms with E-state index >= 15 is 0 Å². The Bertz CT molecular complexity index is 344. The molecule has 0 saturated carbocycles. The van der Waals surface area contributed by atoms with E-state index in [4.69, 9.17) is 9.84 Å². The van der Waals surface area contributed by atoms with Gasteiger partial charge in [-0.25, -0.2) is 0 Å². The predicted octanol–water partition coefficient (Wildman–Crippen LogP) is -1.72. The van der Waals surface area contributed by atoms with Crippen LogP contribution in [0.5, 0.6) is 0 Å². The van der Waals surface area contributed by atoms with Crippen molar-refractivity contribution in [1.82, 2.24) is 0 Å². The van der Waals surface area contributed by atoms with Crippen molar-refractivity contribution in [2.45, 2.75) is 20.0 Å². The summed E-state index contributed by atoms with van der Waals surface area (Å²) in [5.41, 5.74) is 2.11. The number of hydrogen-bond acceptors (Lipinski definition) is 4. The minimum absolute atomic E-state index is 0. The Morgan fingerprint density at radius 1 is 1.29 bits per heavy atom. The molecule has 0 heterocycles. The molecule has 0 amide bonds. The van der Waals surface area contributed by atoms with Crippen molar-refractivity contribution < 1.29 is 44.3 Å². The second-order valence-electron chi connectivity index (χ2n) is 3.00. The van der Waals surface area contributed by atoms with Crippen LogP contribution in [0.1, 0.15) is 18.1 Å². The van der Waals surface area contributed by atoms with Crippen LogP contribution in [-0.2, 0) is 17.8 Å². The molecular weight excluding hydrogens is 233 g/mol. The molecule has 0 aliphatic heterocycles. The van der Waals surface area contributed by atoms with Crippen LogP contribution in [0.15, 0.2) is 18.2 Å². The van der Waals surface area contributed by atoms with Crippen LogP contribution in [0.3, 0.4) is 0 Å². The Hall–Kier alpha value is -0.460. The molecule has 0 saturated heterocycles. The second kappa shape index (κ2) is 10.7. The molecule has 1 aromatic rings. The number of rotatable bonds is 4. The first kappa shape index (κ1) is 18.9. The average Bonchev–Trinajstić information content (AvgIpc) is 2.32. The quantitative estimate of drug-likeness (QED) is 0.361. The fourth-order valence-corrected chi connectivity index (χ4v) is 1.36. The molecule has 0 radical (unpaired) electrons.